The molecule has 0 aromatic carbocycles. The monoisotopic (exact) mass is 602 g/mol. The Morgan fingerprint density at radius 3 is 0.814 bits per heavy atom. The highest BCUT2D eigenvalue weighted by molar-refractivity contribution is 5.06. The van der Waals surface area contributed by atoms with E-state index >= 15 is 0 Å². The summed E-state index contributed by atoms with van der Waals surface area (Å²) in [5, 5.41) is 29.7. The average Bonchev–Trinajstić information content (AvgIpc) is 3.04. The van der Waals surface area contributed by atoms with Crippen molar-refractivity contribution in [2.24, 2.45) is 5.41 Å². The fourth-order valence-corrected chi connectivity index (χ4v) is 12.0. The van der Waals surface area contributed by atoms with Crippen LogP contribution in [0, 0.1) is 15.8 Å². The summed E-state index contributed by atoms with van der Waals surface area (Å²) >= 11 is 0. The van der Waals surface area contributed by atoms with Gasteiger partial charge >= 0.3 is 0 Å². The van der Waals surface area contributed by atoms with Crippen LogP contribution in [0.15, 0.2) is 0 Å². The summed E-state index contributed by atoms with van der Waals surface area (Å²) < 4.78 is 27.7. The lowest BCUT2D eigenvalue weighted by molar-refractivity contribution is -0.972. The van der Waals surface area contributed by atoms with E-state index in [9.17, 15) is 10.4 Å². The minimum atomic E-state index is -0.654. The summed E-state index contributed by atoms with van der Waals surface area (Å²) in [5.41, 5.74) is -1.38. The number of quaternary nitrogens is 2. The molecular formula is C35H58N2O6. The molecule has 8 aliphatic rings. The molecule has 4 saturated heterocycles. The second-order valence-corrected chi connectivity index (χ2v) is 17.2. The Labute approximate surface area is 259 Å². The molecule has 8 fully saturated rings. The van der Waals surface area contributed by atoms with E-state index in [-0.39, 0.29) is 27.6 Å². The molecule has 4 aliphatic heterocycles. The van der Waals surface area contributed by atoms with Crippen molar-refractivity contribution in [3.05, 3.63) is 10.4 Å². The number of nitrogens with one attached hydrogen (secondary N) is 2. The van der Waals surface area contributed by atoms with Gasteiger partial charge in [-0.3, -0.25) is 0 Å². The maximum Gasteiger partial charge on any atom is 0.180 e. The normalized spacial score (nSPS) is 45.3. The maximum atomic E-state index is 14.3. The Balaban J connectivity index is 1.00. The first-order valence-electron chi connectivity index (χ1n) is 18.5. The van der Waals surface area contributed by atoms with Crippen molar-refractivity contribution in [1.29, 1.82) is 0 Å². The van der Waals surface area contributed by atoms with E-state index in [4.69, 9.17) is 18.9 Å². The van der Waals surface area contributed by atoms with Gasteiger partial charge < -0.3 is 39.5 Å². The summed E-state index contributed by atoms with van der Waals surface area (Å²) in [6.07, 6.45) is 25.1. The number of hydrogen-bond acceptors (Lipinski definition) is 6. The van der Waals surface area contributed by atoms with Crippen LogP contribution in [0.4, 0.5) is 0 Å². The summed E-state index contributed by atoms with van der Waals surface area (Å²) in [6.45, 7) is 2.27. The van der Waals surface area contributed by atoms with E-state index in [2.05, 4.69) is 0 Å². The third kappa shape index (κ3) is 4.90. The predicted octanol–water partition coefficient (Wildman–Crippen LogP) is 4.62. The van der Waals surface area contributed by atoms with Gasteiger partial charge in [0.25, 0.3) is 0 Å². The van der Waals surface area contributed by atoms with Gasteiger partial charge in [-0.15, -0.1) is 0 Å². The molecule has 0 bridgehead atoms. The van der Waals surface area contributed by atoms with Gasteiger partial charge in [0.15, 0.2) is 11.6 Å². The Morgan fingerprint density at radius 2 is 0.581 bits per heavy atom. The molecule has 4 heterocycles. The minimum absolute atomic E-state index is 0.265. The highest BCUT2D eigenvalue weighted by Gasteiger charge is 2.66. The van der Waals surface area contributed by atoms with Crippen LogP contribution >= 0.6 is 0 Å². The molecule has 2 N–H and O–H groups in total. The molecule has 8 heteroatoms. The molecule has 7 spiro atoms. The number of rotatable bonds is 0. The van der Waals surface area contributed by atoms with Gasteiger partial charge in [-0.2, -0.15) is 0 Å². The van der Waals surface area contributed by atoms with Crippen molar-refractivity contribution >= 4 is 0 Å². The third-order valence-electron chi connectivity index (χ3n) is 14.2. The molecule has 0 amide bonds. The number of hydroxylamine groups is 4. The summed E-state index contributed by atoms with van der Waals surface area (Å²) in [5.74, 6) is -1.31. The molecule has 0 aromatic heterocycles. The number of ether oxygens (including phenoxy) is 4. The van der Waals surface area contributed by atoms with Crippen LogP contribution in [0.2, 0.25) is 0 Å². The van der Waals surface area contributed by atoms with Crippen LogP contribution in [0.25, 0.3) is 0 Å². The van der Waals surface area contributed by atoms with Crippen LogP contribution in [0.3, 0.4) is 0 Å². The van der Waals surface area contributed by atoms with E-state index < -0.39 is 11.6 Å². The smallest absolute Gasteiger partial charge is 0.180 e. The standard InChI is InChI=1S/C35H58N2O6/c38-36-30(13-5-1-6-14-30)21-34(22-31(36)15-7-2-8-16-31)40-25-29(26-41-34)27-42-35(43-28-29)23-32(17-9-3-10-18-32)37(39)33(24-35)19-11-4-12-20-33/h36-37H,1-28H2. The molecule has 8 nitrogen and oxygen atoms in total. The summed E-state index contributed by atoms with van der Waals surface area (Å²) in [6, 6.07) is 0. The van der Waals surface area contributed by atoms with Crippen LogP contribution in [-0.2, 0) is 18.9 Å². The first-order chi connectivity index (χ1) is 20.8. The Kier molecular flexibility index (Phi) is 7.59. The lowest BCUT2D eigenvalue weighted by Gasteiger charge is -2.66. The molecule has 0 radical (unpaired) electrons. The van der Waals surface area contributed by atoms with E-state index in [1.807, 2.05) is 0 Å². The molecule has 4 aliphatic carbocycles. The lowest BCUT2D eigenvalue weighted by Crippen LogP contribution is -3.25. The second kappa shape index (κ2) is 10.9. The largest absolute Gasteiger partial charge is 0.633 e. The molecule has 4 saturated carbocycles. The number of piperidine rings is 2. The van der Waals surface area contributed by atoms with Gasteiger partial charge in [0.2, 0.25) is 0 Å². The zero-order valence-electron chi connectivity index (χ0n) is 26.7. The topological polar surface area (TPSA) is 91.9 Å². The maximum absolute atomic E-state index is 14.3. The molecular weight excluding hydrogens is 544 g/mol. The Bertz CT molecular complexity index is 850. The fraction of sp³-hybridized carbons (Fsp3) is 1.00. The zero-order chi connectivity index (χ0) is 29.3. The van der Waals surface area contributed by atoms with E-state index in [0.717, 1.165) is 128 Å². The van der Waals surface area contributed by atoms with Gasteiger partial charge in [0.05, 0.1) is 57.5 Å². The summed E-state index contributed by atoms with van der Waals surface area (Å²) in [4.78, 5) is 0. The van der Waals surface area contributed by atoms with Gasteiger partial charge in [0, 0.05) is 51.4 Å². The summed E-state index contributed by atoms with van der Waals surface area (Å²) in [7, 11) is 0. The Morgan fingerprint density at radius 1 is 0.349 bits per heavy atom. The van der Waals surface area contributed by atoms with Crippen molar-refractivity contribution in [1.82, 2.24) is 0 Å². The first-order valence-corrected chi connectivity index (χ1v) is 18.5. The van der Waals surface area contributed by atoms with Gasteiger partial charge in [-0.1, -0.05) is 25.7 Å². The van der Waals surface area contributed by atoms with E-state index in [1.165, 1.54) is 25.7 Å². The molecule has 0 atom stereocenters. The van der Waals surface area contributed by atoms with Crippen molar-refractivity contribution in [3.63, 3.8) is 0 Å². The van der Waals surface area contributed by atoms with Crippen LogP contribution < -0.4 is 10.1 Å². The SMILES string of the molecule is [O-][NH+]1C2(CCCCC2)CC2(CC13CCCCC3)OCC1(CO2)COC2(CC3(CCCCC3)[NH+]([O-])C3(CCCCC3)C2)OC1. The van der Waals surface area contributed by atoms with Crippen molar-refractivity contribution in [2.45, 2.75) is 188 Å². The van der Waals surface area contributed by atoms with E-state index in [1.54, 1.807) is 0 Å². The third-order valence-corrected chi connectivity index (χ3v) is 14.2. The van der Waals surface area contributed by atoms with Crippen LogP contribution in [0.1, 0.15) is 154 Å². The lowest BCUT2D eigenvalue weighted by atomic mass is 9.64. The minimum Gasteiger partial charge on any atom is -0.633 e. The molecule has 244 valence electrons. The van der Waals surface area contributed by atoms with Gasteiger partial charge in [0.1, 0.15) is 22.2 Å². The van der Waals surface area contributed by atoms with Crippen molar-refractivity contribution in [2.75, 3.05) is 26.4 Å². The molecule has 0 unspecified atom stereocenters. The van der Waals surface area contributed by atoms with Crippen LogP contribution in [0.5, 0.6) is 0 Å². The first kappa shape index (κ1) is 30.0. The van der Waals surface area contributed by atoms with Gasteiger partial charge in [-0.25, -0.2) is 0 Å². The number of hydrogen-bond donors (Lipinski definition) is 2. The van der Waals surface area contributed by atoms with Crippen LogP contribution in [-0.4, -0.2) is 60.2 Å². The average molecular weight is 603 g/mol. The quantitative estimate of drug-likeness (QED) is 0.393. The highest BCUT2D eigenvalue weighted by atomic mass is 16.7. The second-order valence-electron chi connectivity index (χ2n) is 17.2. The highest BCUT2D eigenvalue weighted by Crippen LogP contribution is 2.52. The van der Waals surface area contributed by atoms with Crippen molar-refractivity contribution < 1.29 is 29.1 Å². The predicted molar refractivity (Wildman–Crippen MR) is 162 cm³/mol. The molecule has 43 heavy (non-hydrogen) atoms. The zero-order valence-corrected chi connectivity index (χ0v) is 26.7. The molecule has 8 rings (SSSR count). The fourth-order valence-electron chi connectivity index (χ4n) is 12.0. The molecule has 0 aromatic rings. The van der Waals surface area contributed by atoms with Gasteiger partial charge in [-0.05, 0) is 51.4 Å². The Hall–Kier alpha value is -0.320. The van der Waals surface area contributed by atoms with E-state index in [0.29, 0.717) is 36.6 Å². The van der Waals surface area contributed by atoms with Crippen molar-refractivity contribution in [3.8, 4) is 0 Å².